The Morgan fingerprint density at radius 2 is 1.94 bits per heavy atom. The summed E-state index contributed by atoms with van der Waals surface area (Å²) in [5, 5.41) is 4.82. The SMILES string of the molecule is CCc1nc(CCN(C)C)sc1CNC(C)(C)C. The molecule has 0 amide bonds. The summed E-state index contributed by atoms with van der Waals surface area (Å²) in [4.78, 5) is 8.37. The second kappa shape index (κ2) is 6.64. The lowest BCUT2D eigenvalue weighted by atomic mass is 10.1. The first-order valence-corrected chi connectivity index (χ1v) is 7.50. The lowest BCUT2D eigenvalue weighted by Crippen LogP contribution is -2.35. The van der Waals surface area contributed by atoms with Crippen molar-refractivity contribution in [1.29, 1.82) is 0 Å². The molecule has 0 saturated carbocycles. The minimum atomic E-state index is 0.165. The van der Waals surface area contributed by atoms with Crippen LogP contribution in [0.4, 0.5) is 0 Å². The average molecular weight is 269 g/mol. The summed E-state index contributed by atoms with van der Waals surface area (Å²) < 4.78 is 0. The number of nitrogens with one attached hydrogen (secondary N) is 1. The van der Waals surface area contributed by atoms with Gasteiger partial charge in [-0.2, -0.15) is 0 Å². The third kappa shape index (κ3) is 5.46. The van der Waals surface area contributed by atoms with Crippen molar-refractivity contribution in [1.82, 2.24) is 15.2 Å². The summed E-state index contributed by atoms with van der Waals surface area (Å²) in [5.74, 6) is 0. The summed E-state index contributed by atoms with van der Waals surface area (Å²) in [6.45, 7) is 10.8. The Morgan fingerprint density at radius 3 is 2.44 bits per heavy atom. The number of likely N-dealkylation sites (N-methyl/N-ethyl adjacent to an activating group) is 1. The average Bonchev–Trinajstić information content (AvgIpc) is 2.65. The van der Waals surface area contributed by atoms with E-state index in [2.05, 4.69) is 52.0 Å². The van der Waals surface area contributed by atoms with Gasteiger partial charge >= 0.3 is 0 Å². The van der Waals surface area contributed by atoms with Gasteiger partial charge in [0.1, 0.15) is 0 Å². The molecule has 0 unspecified atom stereocenters. The van der Waals surface area contributed by atoms with Gasteiger partial charge in [0, 0.05) is 29.9 Å². The molecule has 18 heavy (non-hydrogen) atoms. The van der Waals surface area contributed by atoms with E-state index in [1.807, 2.05) is 11.3 Å². The first kappa shape index (κ1) is 15.6. The maximum Gasteiger partial charge on any atom is 0.0944 e. The number of aryl methyl sites for hydroxylation is 1. The van der Waals surface area contributed by atoms with Crippen LogP contribution in [0.3, 0.4) is 0 Å². The van der Waals surface area contributed by atoms with Crippen LogP contribution >= 0.6 is 11.3 Å². The van der Waals surface area contributed by atoms with Gasteiger partial charge in [0.2, 0.25) is 0 Å². The highest BCUT2D eigenvalue weighted by Crippen LogP contribution is 2.20. The standard InChI is InChI=1S/C14H27N3S/c1-7-11-12(10-15-14(2,3)4)18-13(16-11)8-9-17(5)6/h15H,7-10H2,1-6H3. The largest absolute Gasteiger partial charge is 0.309 e. The van der Waals surface area contributed by atoms with Gasteiger partial charge in [-0.3, -0.25) is 0 Å². The van der Waals surface area contributed by atoms with E-state index in [1.165, 1.54) is 15.6 Å². The molecule has 0 fully saturated rings. The second-order valence-electron chi connectivity index (χ2n) is 5.99. The molecule has 1 rings (SSSR count). The Kier molecular flexibility index (Phi) is 5.76. The van der Waals surface area contributed by atoms with Gasteiger partial charge < -0.3 is 10.2 Å². The molecule has 0 bridgehead atoms. The number of hydrogen-bond donors (Lipinski definition) is 1. The number of rotatable bonds is 6. The van der Waals surface area contributed by atoms with Crippen LogP contribution in [0.1, 0.15) is 43.3 Å². The minimum Gasteiger partial charge on any atom is -0.309 e. The van der Waals surface area contributed by atoms with Gasteiger partial charge in [0.15, 0.2) is 0 Å². The number of aromatic nitrogens is 1. The van der Waals surface area contributed by atoms with Gasteiger partial charge in [-0.1, -0.05) is 6.92 Å². The van der Waals surface area contributed by atoms with Crippen molar-refractivity contribution in [2.45, 2.75) is 52.6 Å². The van der Waals surface area contributed by atoms with Crippen LogP contribution in [0.2, 0.25) is 0 Å². The Balaban J connectivity index is 2.66. The molecule has 1 aromatic rings. The van der Waals surface area contributed by atoms with Crippen LogP contribution in [0, 0.1) is 0 Å². The molecule has 1 aromatic heterocycles. The molecule has 104 valence electrons. The molecule has 0 aromatic carbocycles. The summed E-state index contributed by atoms with van der Waals surface area (Å²) in [7, 11) is 4.22. The zero-order valence-electron chi connectivity index (χ0n) is 12.6. The van der Waals surface area contributed by atoms with Gasteiger partial charge in [0.25, 0.3) is 0 Å². The van der Waals surface area contributed by atoms with Crippen molar-refractivity contribution in [3.05, 3.63) is 15.6 Å². The lowest BCUT2D eigenvalue weighted by molar-refractivity contribution is 0.413. The molecule has 0 atom stereocenters. The highest BCUT2D eigenvalue weighted by molar-refractivity contribution is 7.11. The van der Waals surface area contributed by atoms with Crippen LogP contribution in [0.25, 0.3) is 0 Å². The topological polar surface area (TPSA) is 28.2 Å². The number of nitrogens with zero attached hydrogens (tertiary/aromatic N) is 2. The van der Waals surface area contributed by atoms with Gasteiger partial charge in [0.05, 0.1) is 10.7 Å². The summed E-state index contributed by atoms with van der Waals surface area (Å²) >= 11 is 1.87. The number of thiazole rings is 1. The molecule has 3 nitrogen and oxygen atoms in total. The fourth-order valence-electron chi connectivity index (χ4n) is 1.62. The van der Waals surface area contributed by atoms with E-state index in [0.717, 1.165) is 25.9 Å². The van der Waals surface area contributed by atoms with Crippen molar-refractivity contribution in [3.8, 4) is 0 Å². The van der Waals surface area contributed by atoms with E-state index in [-0.39, 0.29) is 5.54 Å². The monoisotopic (exact) mass is 269 g/mol. The van der Waals surface area contributed by atoms with E-state index < -0.39 is 0 Å². The van der Waals surface area contributed by atoms with Crippen LogP contribution in [-0.2, 0) is 19.4 Å². The van der Waals surface area contributed by atoms with Gasteiger partial charge in [-0.15, -0.1) is 11.3 Å². The summed E-state index contributed by atoms with van der Waals surface area (Å²) in [6.07, 6.45) is 2.08. The summed E-state index contributed by atoms with van der Waals surface area (Å²) in [5.41, 5.74) is 1.43. The molecule has 1 heterocycles. The minimum absolute atomic E-state index is 0.165. The molecule has 0 radical (unpaired) electrons. The lowest BCUT2D eigenvalue weighted by Gasteiger charge is -2.20. The van der Waals surface area contributed by atoms with E-state index in [4.69, 9.17) is 4.98 Å². The van der Waals surface area contributed by atoms with Crippen LogP contribution in [0.5, 0.6) is 0 Å². The molecular formula is C14H27N3S. The van der Waals surface area contributed by atoms with Crippen molar-refractivity contribution >= 4 is 11.3 Å². The smallest absolute Gasteiger partial charge is 0.0944 e. The molecule has 0 aliphatic carbocycles. The first-order chi connectivity index (χ1) is 8.31. The van der Waals surface area contributed by atoms with Crippen LogP contribution < -0.4 is 5.32 Å². The molecule has 0 aliphatic rings. The van der Waals surface area contributed by atoms with E-state index in [0.29, 0.717) is 0 Å². The summed E-state index contributed by atoms with van der Waals surface area (Å²) in [6, 6.07) is 0. The Hall–Kier alpha value is -0.450. The number of hydrogen-bond acceptors (Lipinski definition) is 4. The van der Waals surface area contributed by atoms with E-state index in [1.54, 1.807) is 0 Å². The molecule has 0 spiro atoms. The molecule has 4 heteroatoms. The molecule has 0 aliphatic heterocycles. The maximum absolute atomic E-state index is 4.75. The fourth-order valence-corrected chi connectivity index (χ4v) is 2.71. The van der Waals surface area contributed by atoms with E-state index >= 15 is 0 Å². The molecular weight excluding hydrogens is 242 g/mol. The van der Waals surface area contributed by atoms with Crippen molar-refractivity contribution < 1.29 is 0 Å². The predicted octanol–water partition coefficient (Wildman–Crippen LogP) is 2.70. The van der Waals surface area contributed by atoms with Gasteiger partial charge in [-0.05, 0) is 41.3 Å². The normalized spacial score (nSPS) is 12.4. The zero-order valence-corrected chi connectivity index (χ0v) is 13.4. The van der Waals surface area contributed by atoms with Crippen molar-refractivity contribution in [3.63, 3.8) is 0 Å². The third-order valence-electron chi connectivity index (χ3n) is 2.71. The van der Waals surface area contributed by atoms with Crippen molar-refractivity contribution in [2.24, 2.45) is 0 Å². The van der Waals surface area contributed by atoms with Gasteiger partial charge in [-0.25, -0.2) is 4.98 Å². The fraction of sp³-hybridized carbons (Fsp3) is 0.786. The Bertz CT molecular complexity index is 364. The molecule has 0 saturated heterocycles. The predicted molar refractivity (Wildman–Crippen MR) is 80.3 cm³/mol. The first-order valence-electron chi connectivity index (χ1n) is 6.69. The Morgan fingerprint density at radius 1 is 1.28 bits per heavy atom. The van der Waals surface area contributed by atoms with Crippen molar-refractivity contribution in [2.75, 3.05) is 20.6 Å². The third-order valence-corrected chi connectivity index (χ3v) is 3.87. The highest BCUT2D eigenvalue weighted by atomic mass is 32.1. The zero-order chi connectivity index (χ0) is 13.8. The second-order valence-corrected chi connectivity index (χ2v) is 7.16. The van der Waals surface area contributed by atoms with Crippen LogP contribution in [0.15, 0.2) is 0 Å². The Labute approximate surface area is 116 Å². The molecule has 1 N–H and O–H groups in total. The van der Waals surface area contributed by atoms with Crippen LogP contribution in [-0.4, -0.2) is 36.1 Å². The highest BCUT2D eigenvalue weighted by Gasteiger charge is 2.13. The quantitative estimate of drug-likeness (QED) is 0.860. The van der Waals surface area contributed by atoms with E-state index in [9.17, 15) is 0 Å². The maximum atomic E-state index is 4.75.